The fraction of sp³-hybridized carbons (Fsp3) is 0.667. The molecule has 1 aromatic heterocycles. The van der Waals surface area contributed by atoms with Crippen LogP contribution in [0.3, 0.4) is 0 Å². The Kier molecular flexibility index (Phi) is 5.45. The third-order valence-corrected chi connectivity index (χ3v) is 3.70. The number of nitrogens with zero attached hydrogens (tertiary/aromatic N) is 1. The van der Waals surface area contributed by atoms with E-state index in [0.29, 0.717) is 19.1 Å². The summed E-state index contributed by atoms with van der Waals surface area (Å²) in [5.74, 6) is 1.06. The van der Waals surface area contributed by atoms with Crippen molar-refractivity contribution in [1.82, 2.24) is 10.2 Å². The first-order valence-corrected chi connectivity index (χ1v) is 7.34. The minimum absolute atomic E-state index is 0.191. The van der Waals surface area contributed by atoms with Gasteiger partial charge in [0.25, 0.3) is 0 Å². The molecule has 4 heteroatoms. The van der Waals surface area contributed by atoms with Crippen LogP contribution in [-0.2, 0) is 11.3 Å². The van der Waals surface area contributed by atoms with Crippen molar-refractivity contribution in [1.29, 1.82) is 0 Å². The van der Waals surface area contributed by atoms with Crippen LogP contribution in [0.25, 0.3) is 0 Å². The highest BCUT2D eigenvalue weighted by atomic mass is 16.3. The van der Waals surface area contributed by atoms with E-state index in [4.69, 9.17) is 4.42 Å². The molecule has 0 unspecified atom stereocenters. The molecule has 0 spiro atoms. The normalized spacial score (nSPS) is 15.8. The van der Waals surface area contributed by atoms with Crippen molar-refractivity contribution in [3.63, 3.8) is 0 Å². The lowest BCUT2D eigenvalue weighted by Gasteiger charge is -2.28. The quantitative estimate of drug-likeness (QED) is 0.770. The molecule has 1 amide bonds. The fourth-order valence-electron chi connectivity index (χ4n) is 2.68. The molecule has 0 bridgehead atoms. The van der Waals surface area contributed by atoms with Gasteiger partial charge in [-0.25, -0.2) is 0 Å². The Labute approximate surface area is 115 Å². The Hall–Kier alpha value is -1.29. The molecule has 4 nitrogen and oxygen atoms in total. The van der Waals surface area contributed by atoms with E-state index in [-0.39, 0.29) is 5.91 Å². The summed E-state index contributed by atoms with van der Waals surface area (Å²) in [5.41, 5.74) is 0. The summed E-state index contributed by atoms with van der Waals surface area (Å²) in [6.07, 6.45) is 7.43. The van der Waals surface area contributed by atoms with Crippen LogP contribution in [0.1, 0.15) is 44.8 Å². The van der Waals surface area contributed by atoms with Crippen molar-refractivity contribution in [3.8, 4) is 0 Å². The molecule has 1 aliphatic rings. The van der Waals surface area contributed by atoms with E-state index in [1.165, 1.54) is 12.8 Å². The van der Waals surface area contributed by atoms with Crippen LogP contribution >= 0.6 is 0 Å². The maximum Gasteiger partial charge on any atom is 0.237 e. The lowest BCUT2D eigenvalue weighted by atomic mass is 10.2. The number of furan rings is 1. The summed E-state index contributed by atoms with van der Waals surface area (Å²) >= 11 is 0. The summed E-state index contributed by atoms with van der Waals surface area (Å²) in [4.78, 5) is 14.3. The molecule has 0 saturated heterocycles. The van der Waals surface area contributed by atoms with Crippen LogP contribution in [0, 0.1) is 0 Å². The van der Waals surface area contributed by atoms with Crippen LogP contribution < -0.4 is 5.32 Å². The molecule has 106 valence electrons. The summed E-state index contributed by atoms with van der Waals surface area (Å²) in [6.45, 7) is 4.04. The Balaban J connectivity index is 1.94. The number of hydrogen-bond donors (Lipinski definition) is 1. The first-order chi connectivity index (χ1) is 9.31. The third-order valence-electron chi connectivity index (χ3n) is 3.70. The van der Waals surface area contributed by atoms with Crippen molar-refractivity contribution < 1.29 is 9.21 Å². The molecule has 1 aliphatic carbocycles. The van der Waals surface area contributed by atoms with Crippen molar-refractivity contribution in [2.45, 2.75) is 51.6 Å². The summed E-state index contributed by atoms with van der Waals surface area (Å²) in [7, 11) is 0. The summed E-state index contributed by atoms with van der Waals surface area (Å²) in [6, 6.07) is 4.21. The number of hydrogen-bond acceptors (Lipinski definition) is 3. The van der Waals surface area contributed by atoms with Gasteiger partial charge in [0.15, 0.2) is 0 Å². The molecule has 1 fully saturated rings. The van der Waals surface area contributed by atoms with Gasteiger partial charge in [-0.15, -0.1) is 0 Å². The van der Waals surface area contributed by atoms with Gasteiger partial charge in [0.1, 0.15) is 5.76 Å². The molecule has 0 aromatic carbocycles. The minimum Gasteiger partial charge on any atom is -0.467 e. The summed E-state index contributed by atoms with van der Waals surface area (Å²) < 4.78 is 5.39. The number of carbonyl (C=O) groups excluding carboxylic acids is 1. The average molecular weight is 264 g/mol. The lowest BCUT2D eigenvalue weighted by Crippen LogP contribution is -2.43. The largest absolute Gasteiger partial charge is 0.467 e. The Morgan fingerprint density at radius 2 is 2.26 bits per heavy atom. The number of amides is 1. The highest BCUT2D eigenvalue weighted by Gasteiger charge is 2.26. The van der Waals surface area contributed by atoms with Crippen LogP contribution in [0.5, 0.6) is 0 Å². The molecule has 1 heterocycles. The maximum atomic E-state index is 12.4. The molecule has 0 radical (unpaired) electrons. The van der Waals surface area contributed by atoms with E-state index >= 15 is 0 Å². The second-order valence-corrected chi connectivity index (χ2v) is 5.22. The molecule has 1 saturated carbocycles. The van der Waals surface area contributed by atoms with Crippen LogP contribution in [0.15, 0.2) is 22.8 Å². The maximum absolute atomic E-state index is 12.4. The van der Waals surface area contributed by atoms with Gasteiger partial charge >= 0.3 is 0 Å². The molecule has 19 heavy (non-hydrogen) atoms. The number of nitrogens with one attached hydrogen (secondary N) is 1. The predicted molar refractivity (Wildman–Crippen MR) is 74.7 cm³/mol. The van der Waals surface area contributed by atoms with Crippen molar-refractivity contribution >= 4 is 5.91 Å². The van der Waals surface area contributed by atoms with Gasteiger partial charge in [0, 0.05) is 6.04 Å². The lowest BCUT2D eigenvalue weighted by molar-refractivity contribution is -0.133. The minimum atomic E-state index is 0.191. The van der Waals surface area contributed by atoms with E-state index in [0.717, 1.165) is 31.6 Å². The smallest absolute Gasteiger partial charge is 0.237 e. The van der Waals surface area contributed by atoms with Gasteiger partial charge < -0.3 is 14.6 Å². The molecule has 0 atom stereocenters. The van der Waals surface area contributed by atoms with Crippen LogP contribution in [0.2, 0.25) is 0 Å². The number of rotatable bonds is 7. The number of carbonyl (C=O) groups is 1. The monoisotopic (exact) mass is 264 g/mol. The van der Waals surface area contributed by atoms with Gasteiger partial charge in [-0.05, 0) is 37.9 Å². The standard InChI is InChI=1S/C15H24N2O2/c1-2-9-16-11-15(18)17(13-6-3-4-7-13)12-14-8-5-10-19-14/h5,8,10,13,16H,2-4,6-7,9,11-12H2,1H3. The Morgan fingerprint density at radius 3 is 2.89 bits per heavy atom. The zero-order valence-corrected chi connectivity index (χ0v) is 11.7. The average Bonchev–Trinajstić information content (AvgIpc) is 3.09. The highest BCUT2D eigenvalue weighted by molar-refractivity contribution is 5.78. The first kappa shape index (κ1) is 14.1. The molecular weight excluding hydrogens is 240 g/mol. The Morgan fingerprint density at radius 1 is 1.47 bits per heavy atom. The van der Waals surface area contributed by atoms with E-state index in [9.17, 15) is 4.79 Å². The predicted octanol–water partition coefficient (Wildman–Crippen LogP) is 2.55. The third kappa shape index (κ3) is 4.10. The topological polar surface area (TPSA) is 45.5 Å². The Bertz CT molecular complexity index is 370. The van der Waals surface area contributed by atoms with Crippen LogP contribution in [-0.4, -0.2) is 29.9 Å². The molecule has 1 N–H and O–H groups in total. The zero-order chi connectivity index (χ0) is 13.5. The second-order valence-electron chi connectivity index (χ2n) is 5.22. The van der Waals surface area contributed by atoms with Crippen LogP contribution in [0.4, 0.5) is 0 Å². The van der Waals surface area contributed by atoms with Crippen molar-refractivity contribution in [2.75, 3.05) is 13.1 Å². The highest BCUT2D eigenvalue weighted by Crippen LogP contribution is 2.25. The van der Waals surface area contributed by atoms with Gasteiger partial charge in [0.2, 0.25) is 5.91 Å². The summed E-state index contributed by atoms with van der Waals surface area (Å²) in [5, 5.41) is 3.20. The molecule has 2 rings (SSSR count). The van der Waals surface area contributed by atoms with Gasteiger partial charge in [-0.2, -0.15) is 0 Å². The SMILES string of the molecule is CCCNCC(=O)N(Cc1ccco1)C1CCCC1. The van der Waals surface area contributed by atoms with E-state index in [1.807, 2.05) is 17.0 Å². The second kappa shape index (κ2) is 7.34. The molecule has 1 aromatic rings. The van der Waals surface area contributed by atoms with Crippen molar-refractivity contribution in [3.05, 3.63) is 24.2 Å². The first-order valence-electron chi connectivity index (χ1n) is 7.34. The van der Waals surface area contributed by atoms with E-state index in [1.54, 1.807) is 6.26 Å². The zero-order valence-electron chi connectivity index (χ0n) is 11.7. The molecule has 0 aliphatic heterocycles. The van der Waals surface area contributed by atoms with E-state index in [2.05, 4.69) is 12.2 Å². The van der Waals surface area contributed by atoms with Gasteiger partial charge in [-0.1, -0.05) is 19.8 Å². The van der Waals surface area contributed by atoms with Gasteiger partial charge in [0.05, 0.1) is 19.4 Å². The van der Waals surface area contributed by atoms with E-state index < -0.39 is 0 Å². The fourth-order valence-corrected chi connectivity index (χ4v) is 2.68. The van der Waals surface area contributed by atoms with Crippen molar-refractivity contribution in [2.24, 2.45) is 0 Å². The van der Waals surface area contributed by atoms with Gasteiger partial charge in [-0.3, -0.25) is 4.79 Å². The molecular formula is C15H24N2O2.